The van der Waals surface area contributed by atoms with Crippen LogP contribution in [0.2, 0.25) is 5.02 Å². The highest BCUT2D eigenvalue weighted by Gasteiger charge is 2.03. The number of hydrogen-bond acceptors (Lipinski definition) is 2. The van der Waals surface area contributed by atoms with E-state index in [9.17, 15) is 9.18 Å². The highest BCUT2D eigenvalue weighted by Crippen LogP contribution is 2.14. The third kappa shape index (κ3) is 5.47. The zero-order valence-corrected chi connectivity index (χ0v) is 11.2. The van der Waals surface area contributed by atoms with Crippen LogP contribution in [-0.4, -0.2) is 19.0 Å². The third-order valence-electron chi connectivity index (χ3n) is 2.42. The minimum absolute atomic E-state index is 0.0101. The first-order chi connectivity index (χ1) is 8.63. The van der Waals surface area contributed by atoms with E-state index in [4.69, 9.17) is 11.6 Å². The monoisotopic (exact) mass is 272 g/mol. The number of nitrogens with one attached hydrogen (secondary N) is 2. The molecule has 0 radical (unpaired) electrons. The summed E-state index contributed by atoms with van der Waals surface area (Å²) in [5.74, 6) is -0.279. The first-order valence-electron chi connectivity index (χ1n) is 6.04. The molecule has 0 aliphatic carbocycles. The van der Waals surface area contributed by atoms with Gasteiger partial charge >= 0.3 is 0 Å². The molecule has 1 aromatic carbocycles. The molecular formula is C13H18ClFN2O. The summed E-state index contributed by atoms with van der Waals surface area (Å²) in [6, 6.07) is 4.44. The van der Waals surface area contributed by atoms with Crippen molar-refractivity contribution in [2.24, 2.45) is 0 Å². The molecule has 0 aromatic heterocycles. The molecule has 0 spiro atoms. The lowest BCUT2D eigenvalue weighted by Gasteiger charge is -2.07. The van der Waals surface area contributed by atoms with E-state index in [1.807, 2.05) is 6.92 Å². The maximum Gasteiger partial charge on any atom is 0.221 e. The van der Waals surface area contributed by atoms with Gasteiger partial charge in [0.2, 0.25) is 5.91 Å². The van der Waals surface area contributed by atoms with E-state index < -0.39 is 0 Å². The van der Waals surface area contributed by atoms with Crippen molar-refractivity contribution in [3.05, 3.63) is 34.6 Å². The van der Waals surface area contributed by atoms with Crippen LogP contribution < -0.4 is 10.6 Å². The van der Waals surface area contributed by atoms with Crippen molar-refractivity contribution in [1.29, 1.82) is 0 Å². The van der Waals surface area contributed by atoms with Gasteiger partial charge < -0.3 is 10.6 Å². The van der Waals surface area contributed by atoms with Crippen molar-refractivity contribution in [3.63, 3.8) is 0 Å². The second-order valence-corrected chi connectivity index (χ2v) is 4.45. The lowest BCUT2D eigenvalue weighted by Crippen LogP contribution is -2.28. The summed E-state index contributed by atoms with van der Waals surface area (Å²) in [5, 5.41) is 6.30. The number of hydrogen-bond donors (Lipinski definition) is 2. The third-order valence-corrected chi connectivity index (χ3v) is 2.66. The zero-order chi connectivity index (χ0) is 13.4. The van der Waals surface area contributed by atoms with Crippen LogP contribution in [0.3, 0.4) is 0 Å². The molecule has 0 saturated heterocycles. The van der Waals surface area contributed by atoms with Gasteiger partial charge in [-0.3, -0.25) is 4.79 Å². The number of amides is 1. The Morgan fingerprint density at radius 2 is 2.17 bits per heavy atom. The highest BCUT2D eigenvalue weighted by atomic mass is 35.5. The van der Waals surface area contributed by atoms with Crippen molar-refractivity contribution < 1.29 is 9.18 Å². The molecule has 3 nitrogen and oxygen atoms in total. The SMILES string of the molecule is CCCNC(=O)CCNCc1cc(Cl)ccc1F. The van der Waals surface area contributed by atoms with Crippen molar-refractivity contribution in [1.82, 2.24) is 10.6 Å². The Bertz CT molecular complexity index is 399. The predicted octanol–water partition coefficient (Wildman–Crippen LogP) is 2.49. The van der Waals surface area contributed by atoms with Crippen LogP contribution in [0.4, 0.5) is 4.39 Å². The van der Waals surface area contributed by atoms with Crippen LogP contribution in [0.5, 0.6) is 0 Å². The molecule has 18 heavy (non-hydrogen) atoms. The van der Waals surface area contributed by atoms with Crippen molar-refractivity contribution in [2.45, 2.75) is 26.3 Å². The van der Waals surface area contributed by atoms with Crippen LogP contribution in [0.15, 0.2) is 18.2 Å². The van der Waals surface area contributed by atoms with E-state index in [-0.39, 0.29) is 11.7 Å². The quantitative estimate of drug-likeness (QED) is 0.749. The largest absolute Gasteiger partial charge is 0.356 e. The number of halogens is 2. The van der Waals surface area contributed by atoms with Crippen LogP contribution >= 0.6 is 11.6 Å². The van der Waals surface area contributed by atoms with Crippen molar-refractivity contribution in [3.8, 4) is 0 Å². The maximum absolute atomic E-state index is 13.3. The summed E-state index contributed by atoms with van der Waals surface area (Å²) < 4.78 is 13.3. The van der Waals surface area contributed by atoms with Gasteiger partial charge in [-0.25, -0.2) is 4.39 Å². The minimum Gasteiger partial charge on any atom is -0.356 e. The van der Waals surface area contributed by atoms with Crippen molar-refractivity contribution in [2.75, 3.05) is 13.1 Å². The van der Waals surface area contributed by atoms with Gasteiger partial charge in [0.25, 0.3) is 0 Å². The molecule has 0 aliphatic rings. The standard InChI is InChI=1S/C13H18ClFN2O/c1-2-6-17-13(18)5-7-16-9-10-8-11(14)3-4-12(10)15/h3-4,8,16H,2,5-7,9H2,1H3,(H,17,18). The first-order valence-corrected chi connectivity index (χ1v) is 6.42. The maximum atomic E-state index is 13.3. The molecule has 1 amide bonds. The normalized spacial score (nSPS) is 10.4. The highest BCUT2D eigenvalue weighted by molar-refractivity contribution is 6.30. The molecule has 0 bridgehead atoms. The zero-order valence-electron chi connectivity index (χ0n) is 10.4. The molecule has 0 heterocycles. The Morgan fingerprint density at radius 1 is 1.39 bits per heavy atom. The molecule has 0 aliphatic heterocycles. The summed E-state index contributed by atoms with van der Waals surface area (Å²) in [7, 11) is 0. The van der Waals surface area contributed by atoms with E-state index in [1.54, 1.807) is 6.07 Å². The Balaban J connectivity index is 2.25. The fourth-order valence-electron chi connectivity index (χ4n) is 1.46. The Hall–Kier alpha value is -1.13. The fraction of sp³-hybridized carbons (Fsp3) is 0.462. The van der Waals surface area contributed by atoms with E-state index in [2.05, 4.69) is 10.6 Å². The van der Waals surface area contributed by atoms with Gasteiger partial charge in [0, 0.05) is 36.6 Å². The smallest absolute Gasteiger partial charge is 0.221 e. The number of carbonyl (C=O) groups excluding carboxylic acids is 1. The molecule has 1 rings (SSSR count). The van der Waals surface area contributed by atoms with Gasteiger partial charge in [0.1, 0.15) is 5.82 Å². The van der Waals surface area contributed by atoms with Gasteiger partial charge in [0.05, 0.1) is 0 Å². The second kappa shape index (κ2) is 8.06. The molecule has 0 atom stereocenters. The van der Waals surface area contributed by atoms with E-state index in [0.717, 1.165) is 6.42 Å². The molecule has 100 valence electrons. The number of rotatable bonds is 7. The van der Waals surface area contributed by atoms with Gasteiger partial charge in [0.15, 0.2) is 0 Å². The average Bonchev–Trinajstić information content (AvgIpc) is 2.36. The fourth-order valence-corrected chi connectivity index (χ4v) is 1.65. The van der Waals surface area contributed by atoms with Crippen LogP contribution in [-0.2, 0) is 11.3 Å². The van der Waals surface area contributed by atoms with Crippen LogP contribution in [0.1, 0.15) is 25.3 Å². The van der Waals surface area contributed by atoms with E-state index >= 15 is 0 Å². The number of benzene rings is 1. The topological polar surface area (TPSA) is 41.1 Å². The van der Waals surface area contributed by atoms with Crippen molar-refractivity contribution >= 4 is 17.5 Å². The summed E-state index contributed by atoms with van der Waals surface area (Å²) in [6.07, 6.45) is 1.31. The Kier molecular flexibility index (Phi) is 6.68. The number of carbonyl (C=O) groups is 1. The van der Waals surface area contributed by atoms with E-state index in [0.29, 0.717) is 36.6 Å². The first kappa shape index (κ1) is 14.9. The van der Waals surface area contributed by atoms with Gasteiger partial charge in [-0.05, 0) is 24.6 Å². The Morgan fingerprint density at radius 3 is 2.89 bits per heavy atom. The summed E-state index contributed by atoms with van der Waals surface area (Å²) in [5.41, 5.74) is 0.511. The molecule has 2 N–H and O–H groups in total. The van der Waals surface area contributed by atoms with Gasteiger partial charge in [-0.15, -0.1) is 0 Å². The van der Waals surface area contributed by atoms with E-state index in [1.165, 1.54) is 12.1 Å². The molecular weight excluding hydrogens is 255 g/mol. The molecule has 5 heteroatoms. The summed E-state index contributed by atoms with van der Waals surface area (Å²) in [4.78, 5) is 11.3. The molecule has 0 saturated carbocycles. The lowest BCUT2D eigenvalue weighted by molar-refractivity contribution is -0.120. The Labute approximate surface area is 112 Å². The molecule has 0 fully saturated rings. The van der Waals surface area contributed by atoms with Crippen LogP contribution in [0, 0.1) is 5.82 Å². The van der Waals surface area contributed by atoms with Gasteiger partial charge in [-0.2, -0.15) is 0 Å². The minimum atomic E-state index is -0.290. The molecule has 0 unspecified atom stereocenters. The average molecular weight is 273 g/mol. The lowest BCUT2D eigenvalue weighted by atomic mass is 10.2. The summed E-state index contributed by atoms with van der Waals surface area (Å²) >= 11 is 5.78. The summed E-state index contributed by atoms with van der Waals surface area (Å²) in [6.45, 7) is 3.58. The predicted molar refractivity (Wildman–Crippen MR) is 71.0 cm³/mol. The van der Waals surface area contributed by atoms with Gasteiger partial charge in [-0.1, -0.05) is 18.5 Å². The molecule has 1 aromatic rings. The van der Waals surface area contributed by atoms with Crippen LogP contribution in [0.25, 0.3) is 0 Å². The second-order valence-electron chi connectivity index (χ2n) is 4.01.